The second-order valence-electron chi connectivity index (χ2n) is 7.97. The average molecular weight is 522 g/mol. The van der Waals surface area contributed by atoms with Crippen LogP contribution in [0.4, 0.5) is 0 Å². The predicted molar refractivity (Wildman–Crippen MR) is 125 cm³/mol. The molecular formula is C24H27NO10S. The van der Waals surface area contributed by atoms with E-state index in [1.165, 1.54) is 26.2 Å². The minimum Gasteiger partial charge on any atom is -0.459 e. The summed E-state index contributed by atoms with van der Waals surface area (Å²) in [5.74, 6) is -2.00. The van der Waals surface area contributed by atoms with Crippen LogP contribution in [0.15, 0.2) is 60.7 Å². The molecule has 12 heteroatoms. The van der Waals surface area contributed by atoms with E-state index in [1.807, 2.05) is 0 Å². The summed E-state index contributed by atoms with van der Waals surface area (Å²) in [5, 5.41) is 2.57. The van der Waals surface area contributed by atoms with Crippen LogP contribution >= 0.6 is 0 Å². The number of carbonyl (C=O) groups excluding carboxylic acids is 3. The monoisotopic (exact) mass is 521 g/mol. The van der Waals surface area contributed by atoms with Crippen LogP contribution in [0.5, 0.6) is 0 Å². The molecule has 0 bridgehead atoms. The lowest BCUT2D eigenvalue weighted by molar-refractivity contribution is -0.256. The molecule has 3 rings (SSSR count). The van der Waals surface area contributed by atoms with E-state index in [1.54, 1.807) is 48.5 Å². The van der Waals surface area contributed by atoms with Gasteiger partial charge in [0.2, 0.25) is 5.91 Å². The Morgan fingerprint density at radius 1 is 0.917 bits per heavy atom. The van der Waals surface area contributed by atoms with Gasteiger partial charge in [-0.1, -0.05) is 36.4 Å². The number of amides is 1. The maximum Gasteiger partial charge on any atom is 0.338 e. The van der Waals surface area contributed by atoms with Crippen molar-refractivity contribution >= 4 is 28.0 Å². The second-order valence-corrected chi connectivity index (χ2v) is 9.57. The van der Waals surface area contributed by atoms with Gasteiger partial charge in [-0.05, 0) is 24.3 Å². The number of hydrogen-bond donors (Lipinski definition) is 1. The van der Waals surface area contributed by atoms with Crippen molar-refractivity contribution in [3.8, 4) is 0 Å². The molecule has 1 fully saturated rings. The van der Waals surface area contributed by atoms with Crippen molar-refractivity contribution in [2.24, 2.45) is 0 Å². The Kier molecular flexibility index (Phi) is 9.15. The molecule has 1 amide bonds. The van der Waals surface area contributed by atoms with Crippen LogP contribution in [0.25, 0.3) is 0 Å². The third-order valence-corrected chi connectivity index (χ3v) is 5.75. The third kappa shape index (κ3) is 7.34. The van der Waals surface area contributed by atoms with E-state index < -0.39 is 65.2 Å². The fourth-order valence-electron chi connectivity index (χ4n) is 3.67. The van der Waals surface area contributed by atoms with Gasteiger partial charge in [-0.3, -0.25) is 8.98 Å². The summed E-state index contributed by atoms with van der Waals surface area (Å²) in [6.45, 7) is 0.767. The molecule has 2 aromatic rings. The topological polar surface area (TPSA) is 144 Å². The van der Waals surface area contributed by atoms with Gasteiger partial charge in [-0.25, -0.2) is 9.59 Å². The van der Waals surface area contributed by atoms with Gasteiger partial charge >= 0.3 is 11.9 Å². The first-order chi connectivity index (χ1) is 17.1. The first-order valence-corrected chi connectivity index (χ1v) is 12.7. The van der Waals surface area contributed by atoms with Gasteiger partial charge in [0.1, 0.15) is 24.9 Å². The Labute approximate surface area is 208 Å². The molecule has 194 valence electrons. The molecule has 0 unspecified atom stereocenters. The zero-order chi connectivity index (χ0) is 26.3. The molecule has 11 nitrogen and oxygen atoms in total. The number of benzene rings is 2. The fraction of sp³-hybridized carbons (Fsp3) is 0.375. The lowest BCUT2D eigenvalue weighted by atomic mass is 9.96. The highest BCUT2D eigenvalue weighted by atomic mass is 32.2. The van der Waals surface area contributed by atoms with Gasteiger partial charge < -0.3 is 24.3 Å². The maximum absolute atomic E-state index is 12.9. The molecule has 1 heterocycles. The molecule has 0 spiro atoms. The van der Waals surface area contributed by atoms with Crippen LogP contribution in [0.2, 0.25) is 0 Å². The minimum atomic E-state index is -4.12. The molecule has 1 aliphatic heterocycles. The van der Waals surface area contributed by atoms with Gasteiger partial charge in [0.05, 0.1) is 17.4 Å². The van der Waals surface area contributed by atoms with Crippen LogP contribution < -0.4 is 5.32 Å². The second kappa shape index (κ2) is 12.1. The third-order valence-electron chi connectivity index (χ3n) is 5.18. The summed E-state index contributed by atoms with van der Waals surface area (Å²) < 4.78 is 51.7. The lowest BCUT2D eigenvalue weighted by Crippen LogP contribution is -2.66. The van der Waals surface area contributed by atoms with E-state index in [-0.39, 0.29) is 11.1 Å². The minimum absolute atomic E-state index is 0.185. The molecule has 1 N–H and O–H groups in total. The smallest absolute Gasteiger partial charge is 0.338 e. The standard InChI is InChI=1S/C24H27NO10S/c1-15(26)25-19-21(34-23(28)17-12-8-5-9-13-17)20(35-36(3,29)30)18(33-24(19)31-2)14-32-22(27)16-10-6-4-7-11-16/h4-13,18-21,24H,14H2,1-3H3,(H,25,26)/t18-,19-,20-,21+,24-/m1/s1. The summed E-state index contributed by atoms with van der Waals surface area (Å²) in [6, 6.07) is 15.0. The van der Waals surface area contributed by atoms with Crippen LogP contribution in [0, 0.1) is 0 Å². The number of rotatable bonds is 9. The number of ether oxygens (including phenoxy) is 4. The summed E-state index contributed by atoms with van der Waals surface area (Å²) >= 11 is 0. The van der Waals surface area contributed by atoms with Crippen molar-refractivity contribution in [1.29, 1.82) is 0 Å². The van der Waals surface area contributed by atoms with E-state index in [4.69, 9.17) is 23.1 Å². The summed E-state index contributed by atoms with van der Waals surface area (Å²) in [7, 11) is -2.83. The van der Waals surface area contributed by atoms with Crippen molar-refractivity contribution in [3.63, 3.8) is 0 Å². The molecular weight excluding hydrogens is 494 g/mol. The van der Waals surface area contributed by atoms with E-state index in [9.17, 15) is 22.8 Å². The number of methoxy groups -OCH3 is 1. The van der Waals surface area contributed by atoms with E-state index in [0.717, 1.165) is 6.26 Å². The van der Waals surface area contributed by atoms with Crippen molar-refractivity contribution in [3.05, 3.63) is 71.8 Å². The SMILES string of the molecule is CO[C@@H]1O[C@H](COC(=O)c2ccccc2)[C@@H](OS(C)(=O)=O)[C@@H](OC(=O)c2ccccc2)[C@H]1NC(C)=O. The number of esters is 2. The molecule has 1 aliphatic rings. The first kappa shape index (κ1) is 27.3. The maximum atomic E-state index is 12.9. The number of carbonyl (C=O) groups is 3. The molecule has 0 radical (unpaired) electrons. The Hall–Kier alpha value is -3.32. The molecule has 1 saturated heterocycles. The number of hydrogen-bond acceptors (Lipinski definition) is 10. The molecule has 0 aromatic heterocycles. The van der Waals surface area contributed by atoms with Gasteiger partial charge in [0.25, 0.3) is 10.1 Å². The van der Waals surface area contributed by atoms with E-state index in [0.29, 0.717) is 0 Å². The van der Waals surface area contributed by atoms with Crippen molar-refractivity contribution < 1.29 is 45.9 Å². The van der Waals surface area contributed by atoms with E-state index in [2.05, 4.69) is 5.32 Å². The summed E-state index contributed by atoms with van der Waals surface area (Å²) in [6.07, 6.45) is -4.50. The highest BCUT2D eigenvalue weighted by molar-refractivity contribution is 7.86. The normalized spacial score (nSPS) is 23.9. The van der Waals surface area contributed by atoms with Gasteiger partial charge in [0, 0.05) is 14.0 Å². The van der Waals surface area contributed by atoms with Crippen molar-refractivity contribution in [2.75, 3.05) is 20.0 Å². The Balaban J connectivity index is 1.93. The Morgan fingerprint density at radius 2 is 1.47 bits per heavy atom. The zero-order valence-electron chi connectivity index (χ0n) is 19.9. The van der Waals surface area contributed by atoms with Crippen LogP contribution in [-0.4, -0.2) is 76.9 Å². The summed E-state index contributed by atoms with van der Waals surface area (Å²) in [4.78, 5) is 37.3. The molecule has 0 saturated carbocycles. The molecule has 2 aromatic carbocycles. The van der Waals surface area contributed by atoms with Crippen molar-refractivity contribution in [1.82, 2.24) is 5.32 Å². The van der Waals surface area contributed by atoms with Crippen LogP contribution in [0.1, 0.15) is 27.6 Å². The fourth-order valence-corrected chi connectivity index (χ4v) is 4.30. The van der Waals surface area contributed by atoms with Gasteiger partial charge in [0.15, 0.2) is 12.4 Å². The zero-order valence-corrected chi connectivity index (χ0v) is 20.7. The highest BCUT2D eigenvalue weighted by Crippen LogP contribution is 2.29. The highest BCUT2D eigenvalue weighted by Gasteiger charge is 2.51. The summed E-state index contributed by atoms with van der Waals surface area (Å²) in [5.41, 5.74) is 0.449. The molecule has 36 heavy (non-hydrogen) atoms. The molecule has 5 atom stereocenters. The van der Waals surface area contributed by atoms with Crippen LogP contribution in [0.3, 0.4) is 0 Å². The quantitative estimate of drug-likeness (QED) is 0.379. The largest absolute Gasteiger partial charge is 0.459 e. The molecule has 0 aliphatic carbocycles. The van der Waals surface area contributed by atoms with Crippen molar-refractivity contribution in [2.45, 2.75) is 37.6 Å². The first-order valence-electron chi connectivity index (χ1n) is 10.9. The lowest BCUT2D eigenvalue weighted by Gasteiger charge is -2.44. The van der Waals surface area contributed by atoms with Crippen LogP contribution in [-0.2, 0) is 38.0 Å². The van der Waals surface area contributed by atoms with E-state index >= 15 is 0 Å². The Morgan fingerprint density at radius 3 is 1.97 bits per heavy atom. The predicted octanol–water partition coefficient (Wildman–Crippen LogP) is 1.29. The number of nitrogens with one attached hydrogen (secondary N) is 1. The Bertz CT molecular complexity index is 1160. The van der Waals surface area contributed by atoms with Gasteiger partial charge in [-0.15, -0.1) is 0 Å². The van der Waals surface area contributed by atoms with Gasteiger partial charge in [-0.2, -0.15) is 8.42 Å². The average Bonchev–Trinajstić information content (AvgIpc) is 2.85.